The molecule has 0 radical (unpaired) electrons. The molecule has 1 unspecified atom stereocenters. The molecule has 5 heteroatoms. The summed E-state index contributed by atoms with van der Waals surface area (Å²) in [5.41, 5.74) is 8.38. The number of hydrogen-bond acceptors (Lipinski definition) is 3. The van der Waals surface area contributed by atoms with Gasteiger partial charge < -0.3 is 10.1 Å². The van der Waals surface area contributed by atoms with Crippen LogP contribution < -0.4 is 5.73 Å². The Balaban J connectivity index is 1.76. The number of fused-ring (bicyclic) bond motifs is 1. The Morgan fingerprint density at radius 3 is 2.95 bits per heavy atom. The zero-order valence-electron chi connectivity index (χ0n) is 12.0. The molecule has 20 heavy (non-hydrogen) atoms. The smallest absolute Gasteiger partial charge is 0.137 e. The summed E-state index contributed by atoms with van der Waals surface area (Å²) in [7, 11) is 0. The number of likely N-dealkylation sites (tertiary alicyclic amines) is 1. The Hall–Kier alpha value is -1.10. The second-order valence-electron chi connectivity index (χ2n) is 6.44. The van der Waals surface area contributed by atoms with Crippen molar-refractivity contribution < 1.29 is 0 Å². The molecule has 2 aromatic heterocycles. The fourth-order valence-electron chi connectivity index (χ4n) is 2.94. The van der Waals surface area contributed by atoms with Crippen LogP contribution in [0.5, 0.6) is 0 Å². The summed E-state index contributed by atoms with van der Waals surface area (Å²) in [4.78, 5) is 7.08. The van der Waals surface area contributed by atoms with Crippen molar-refractivity contribution >= 4 is 17.2 Å². The van der Waals surface area contributed by atoms with Crippen LogP contribution in [-0.2, 0) is 6.54 Å². The first-order valence-corrected chi connectivity index (χ1v) is 7.43. The lowest BCUT2D eigenvalue weighted by Gasteiger charge is -2.42. The van der Waals surface area contributed by atoms with Gasteiger partial charge in [-0.15, -0.1) is 0 Å². The Morgan fingerprint density at radius 1 is 1.40 bits per heavy atom. The van der Waals surface area contributed by atoms with Crippen molar-refractivity contribution in [3.63, 3.8) is 0 Å². The van der Waals surface area contributed by atoms with Gasteiger partial charge in [0.2, 0.25) is 0 Å². The van der Waals surface area contributed by atoms with Crippen LogP contribution >= 0.6 is 11.6 Å². The van der Waals surface area contributed by atoms with Crippen LogP contribution in [0.1, 0.15) is 26.0 Å². The lowest BCUT2D eigenvalue weighted by molar-refractivity contribution is 0.0890. The maximum atomic E-state index is 6.18. The maximum Gasteiger partial charge on any atom is 0.137 e. The lowest BCUT2D eigenvalue weighted by atomic mass is 9.80. The quantitative estimate of drug-likeness (QED) is 0.925. The first kappa shape index (κ1) is 13.9. The number of nitrogens with zero attached hydrogens (tertiary/aromatic N) is 3. The lowest BCUT2D eigenvalue weighted by Crippen LogP contribution is -2.52. The van der Waals surface area contributed by atoms with Gasteiger partial charge in [-0.1, -0.05) is 25.4 Å². The number of halogens is 1. The topological polar surface area (TPSA) is 46.6 Å². The molecule has 1 fully saturated rings. The molecular weight excluding hydrogens is 272 g/mol. The Bertz CT molecular complexity index is 619. The molecule has 4 nitrogen and oxygen atoms in total. The molecule has 0 saturated carbocycles. The number of rotatable bonds is 2. The van der Waals surface area contributed by atoms with Gasteiger partial charge >= 0.3 is 0 Å². The Kier molecular flexibility index (Phi) is 3.48. The van der Waals surface area contributed by atoms with Gasteiger partial charge in [-0.3, -0.25) is 4.90 Å². The highest BCUT2D eigenvalue weighted by Gasteiger charge is 2.33. The minimum Gasteiger partial charge on any atom is -0.327 e. The fourth-order valence-corrected chi connectivity index (χ4v) is 3.11. The predicted molar refractivity (Wildman–Crippen MR) is 81.9 cm³/mol. The third-order valence-corrected chi connectivity index (χ3v) is 4.47. The summed E-state index contributed by atoms with van der Waals surface area (Å²) in [5, 5.41) is 0.728. The molecule has 0 bridgehead atoms. The molecule has 3 rings (SSSR count). The van der Waals surface area contributed by atoms with Crippen LogP contribution in [0, 0.1) is 5.41 Å². The average molecular weight is 293 g/mol. The monoisotopic (exact) mass is 292 g/mol. The van der Waals surface area contributed by atoms with Crippen LogP contribution in [0.4, 0.5) is 0 Å². The van der Waals surface area contributed by atoms with Gasteiger partial charge in [-0.2, -0.15) is 0 Å². The van der Waals surface area contributed by atoms with E-state index >= 15 is 0 Å². The molecule has 1 saturated heterocycles. The number of aromatic nitrogens is 2. The normalized spacial score (nSPS) is 23.3. The van der Waals surface area contributed by atoms with Gasteiger partial charge in [0.25, 0.3) is 0 Å². The van der Waals surface area contributed by atoms with Crippen molar-refractivity contribution in [2.75, 3.05) is 13.1 Å². The second-order valence-corrected chi connectivity index (χ2v) is 6.88. The number of imidazole rings is 1. The largest absolute Gasteiger partial charge is 0.327 e. The zero-order chi connectivity index (χ0) is 14.3. The Morgan fingerprint density at radius 2 is 2.20 bits per heavy atom. The number of nitrogens with two attached hydrogens (primary N) is 1. The van der Waals surface area contributed by atoms with E-state index in [-0.39, 0.29) is 5.41 Å². The van der Waals surface area contributed by atoms with Crippen molar-refractivity contribution in [1.29, 1.82) is 0 Å². The molecule has 0 aliphatic carbocycles. The van der Waals surface area contributed by atoms with Gasteiger partial charge in [0.05, 0.1) is 10.7 Å². The van der Waals surface area contributed by atoms with E-state index in [0.29, 0.717) is 6.04 Å². The summed E-state index contributed by atoms with van der Waals surface area (Å²) in [5.74, 6) is 0. The van der Waals surface area contributed by atoms with E-state index in [9.17, 15) is 0 Å². The van der Waals surface area contributed by atoms with Crippen LogP contribution in [0.25, 0.3) is 5.65 Å². The van der Waals surface area contributed by atoms with Crippen LogP contribution in [-0.4, -0.2) is 33.4 Å². The van der Waals surface area contributed by atoms with E-state index in [1.165, 1.54) is 0 Å². The SMILES string of the molecule is CC1(C)CN(Cc2cn3cc(Cl)ccc3n2)CCC1N. The van der Waals surface area contributed by atoms with Gasteiger partial charge in [-0.05, 0) is 24.0 Å². The average Bonchev–Trinajstić information content (AvgIpc) is 2.75. The van der Waals surface area contributed by atoms with Gasteiger partial charge in [0.1, 0.15) is 5.65 Å². The number of piperidine rings is 1. The standard InChI is InChI=1S/C15H21ClN4/c1-15(2)10-19(6-5-13(15)17)8-12-9-20-7-11(16)3-4-14(20)18-12/h3-4,7,9,13H,5-6,8,10,17H2,1-2H3. The number of pyridine rings is 1. The van der Waals surface area contributed by atoms with Crippen LogP contribution in [0.3, 0.4) is 0 Å². The molecule has 1 aliphatic heterocycles. The van der Waals surface area contributed by atoms with Crippen molar-refractivity contribution in [2.45, 2.75) is 32.9 Å². The maximum absolute atomic E-state index is 6.18. The minimum absolute atomic E-state index is 0.167. The van der Waals surface area contributed by atoms with Crippen LogP contribution in [0.15, 0.2) is 24.5 Å². The van der Waals surface area contributed by atoms with E-state index in [2.05, 4.69) is 29.9 Å². The molecule has 1 atom stereocenters. The summed E-state index contributed by atoms with van der Waals surface area (Å²) >= 11 is 6.00. The predicted octanol–water partition coefficient (Wildman–Crippen LogP) is 2.55. The van der Waals surface area contributed by atoms with Gasteiger partial charge in [0.15, 0.2) is 0 Å². The van der Waals surface area contributed by atoms with E-state index in [1.807, 2.05) is 22.7 Å². The molecule has 2 N–H and O–H groups in total. The molecule has 1 aliphatic rings. The molecule has 108 valence electrons. The molecule has 2 aromatic rings. The second kappa shape index (κ2) is 5.02. The third-order valence-electron chi connectivity index (χ3n) is 4.24. The summed E-state index contributed by atoms with van der Waals surface area (Å²) in [6.45, 7) is 7.41. The first-order chi connectivity index (χ1) is 9.44. The highest BCUT2D eigenvalue weighted by atomic mass is 35.5. The third kappa shape index (κ3) is 2.68. The fraction of sp³-hybridized carbons (Fsp3) is 0.533. The summed E-state index contributed by atoms with van der Waals surface area (Å²) in [6.07, 6.45) is 5.00. The van der Waals surface area contributed by atoms with Gasteiger partial charge in [-0.25, -0.2) is 4.98 Å². The Labute approximate surface area is 124 Å². The van der Waals surface area contributed by atoms with E-state index in [4.69, 9.17) is 17.3 Å². The number of hydrogen-bond donors (Lipinski definition) is 1. The van der Waals surface area contributed by atoms with E-state index in [0.717, 1.165) is 42.4 Å². The molecule has 0 amide bonds. The van der Waals surface area contributed by atoms with Crippen molar-refractivity contribution in [2.24, 2.45) is 11.1 Å². The molecule has 0 spiro atoms. The minimum atomic E-state index is 0.167. The highest BCUT2D eigenvalue weighted by Crippen LogP contribution is 2.28. The van der Waals surface area contributed by atoms with Crippen LogP contribution in [0.2, 0.25) is 5.02 Å². The molecule has 3 heterocycles. The zero-order valence-corrected chi connectivity index (χ0v) is 12.8. The van der Waals surface area contributed by atoms with Crippen molar-refractivity contribution in [1.82, 2.24) is 14.3 Å². The van der Waals surface area contributed by atoms with E-state index in [1.54, 1.807) is 0 Å². The van der Waals surface area contributed by atoms with Crippen molar-refractivity contribution in [3.8, 4) is 0 Å². The van der Waals surface area contributed by atoms with Gasteiger partial charge in [0, 0.05) is 38.1 Å². The highest BCUT2D eigenvalue weighted by molar-refractivity contribution is 6.30. The summed E-state index contributed by atoms with van der Waals surface area (Å²) < 4.78 is 1.98. The molecule has 0 aromatic carbocycles. The molecular formula is C15H21ClN4. The van der Waals surface area contributed by atoms with E-state index < -0.39 is 0 Å². The van der Waals surface area contributed by atoms with Crippen molar-refractivity contribution in [3.05, 3.63) is 35.2 Å². The summed E-state index contributed by atoms with van der Waals surface area (Å²) in [6, 6.07) is 4.11. The first-order valence-electron chi connectivity index (χ1n) is 7.05.